The van der Waals surface area contributed by atoms with E-state index in [1.165, 1.54) is 31.4 Å². The molecule has 1 atom stereocenters. The van der Waals surface area contributed by atoms with Gasteiger partial charge in [-0.15, -0.1) is 0 Å². The van der Waals surface area contributed by atoms with Crippen molar-refractivity contribution in [2.45, 2.75) is 38.8 Å². The van der Waals surface area contributed by atoms with Crippen LogP contribution in [0.3, 0.4) is 0 Å². The van der Waals surface area contributed by atoms with E-state index in [0.29, 0.717) is 18.2 Å². The average Bonchev–Trinajstić information content (AvgIpc) is 2.43. The van der Waals surface area contributed by atoms with Crippen LogP contribution in [0.5, 0.6) is 5.75 Å². The minimum atomic E-state index is -0.399. The van der Waals surface area contributed by atoms with Crippen molar-refractivity contribution in [3.63, 3.8) is 0 Å². The molecule has 1 N–H and O–H groups in total. The van der Waals surface area contributed by atoms with E-state index in [1.807, 2.05) is 0 Å². The molecule has 0 saturated carbocycles. The Balaban J connectivity index is 2.04. The number of aromatic hydroxyl groups is 1. The molecule has 112 valence electrons. The molecule has 1 unspecified atom stereocenters. The lowest BCUT2D eigenvalue weighted by atomic mass is 10.0. The third kappa shape index (κ3) is 2.92. The maximum absolute atomic E-state index is 11.7. The topological polar surface area (TPSA) is 53.7 Å². The Bertz CT molecular complexity index is 725. The number of phenols is 1. The second-order valence-electron chi connectivity index (χ2n) is 5.71. The standard InChI is InChI=1S/C16H18ClNO3/c1-10-4-2-3-5-18(10)9-11-6-16(20)21-15-8-14(19)13(17)7-12(11)15/h6-8,10,19H,2-5,9H2,1H3. The number of phenolic OH excluding ortho intramolecular Hbond substituents is 1. The van der Waals surface area contributed by atoms with E-state index < -0.39 is 5.63 Å². The van der Waals surface area contributed by atoms with Crippen LogP contribution in [-0.4, -0.2) is 22.6 Å². The molecule has 1 saturated heterocycles. The maximum atomic E-state index is 11.7. The van der Waals surface area contributed by atoms with Crippen LogP contribution in [0, 0.1) is 0 Å². The summed E-state index contributed by atoms with van der Waals surface area (Å²) in [6.45, 7) is 3.95. The van der Waals surface area contributed by atoms with Gasteiger partial charge in [-0.05, 0) is 37.9 Å². The Hall–Kier alpha value is -1.52. The molecule has 1 aliphatic rings. The molecule has 1 fully saturated rings. The fraction of sp³-hybridized carbons (Fsp3) is 0.438. The highest BCUT2D eigenvalue weighted by Crippen LogP contribution is 2.31. The number of likely N-dealkylation sites (tertiary alicyclic amines) is 1. The van der Waals surface area contributed by atoms with Crippen molar-refractivity contribution in [3.8, 4) is 5.75 Å². The highest BCUT2D eigenvalue weighted by molar-refractivity contribution is 6.32. The summed E-state index contributed by atoms with van der Waals surface area (Å²) in [5.41, 5.74) is 0.879. The lowest BCUT2D eigenvalue weighted by Gasteiger charge is -2.33. The SMILES string of the molecule is CC1CCCCN1Cc1cc(=O)oc2cc(O)c(Cl)cc12. The zero-order valence-electron chi connectivity index (χ0n) is 11.9. The molecule has 3 rings (SSSR count). The van der Waals surface area contributed by atoms with Gasteiger partial charge in [-0.2, -0.15) is 0 Å². The Kier molecular flexibility index (Phi) is 3.91. The molecule has 5 heteroatoms. The van der Waals surface area contributed by atoms with Crippen molar-refractivity contribution in [2.75, 3.05) is 6.54 Å². The van der Waals surface area contributed by atoms with E-state index in [2.05, 4.69) is 11.8 Å². The predicted molar refractivity (Wildman–Crippen MR) is 82.9 cm³/mol. The van der Waals surface area contributed by atoms with Gasteiger partial charge in [-0.25, -0.2) is 4.79 Å². The first-order valence-corrected chi connectivity index (χ1v) is 7.61. The van der Waals surface area contributed by atoms with E-state index in [1.54, 1.807) is 6.07 Å². The van der Waals surface area contributed by atoms with Gasteiger partial charge in [-0.1, -0.05) is 18.0 Å². The largest absolute Gasteiger partial charge is 0.506 e. The fourth-order valence-electron chi connectivity index (χ4n) is 2.98. The Morgan fingerprint density at radius 3 is 2.95 bits per heavy atom. The van der Waals surface area contributed by atoms with Gasteiger partial charge < -0.3 is 9.52 Å². The van der Waals surface area contributed by atoms with Crippen LogP contribution in [0.15, 0.2) is 27.4 Å². The second-order valence-corrected chi connectivity index (χ2v) is 6.11. The minimum absolute atomic E-state index is 0.0733. The van der Waals surface area contributed by atoms with E-state index in [0.717, 1.165) is 17.5 Å². The molecule has 0 spiro atoms. The van der Waals surface area contributed by atoms with Crippen molar-refractivity contribution in [2.24, 2.45) is 0 Å². The molecule has 0 aliphatic carbocycles. The number of rotatable bonds is 2. The molecule has 1 aromatic carbocycles. The van der Waals surface area contributed by atoms with Gasteiger partial charge in [0.1, 0.15) is 11.3 Å². The first-order chi connectivity index (χ1) is 10.0. The van der Waals surface area contributed by atoms with E-state index >= 15 is 0 Å². The number of benzene rings is 1. The third-order valence-corrected chi connectivity index (χ3v) is 4.51. The quantitative estimate of drug-likeness (QED) is 0.862. The number of nitrogens with zero attached hydrogens (tertiary/aromatic N) is 1. The molecule has 1 aromatic heterocycles. The Labute approximate surface area is 127 Å². The van der Waals surface area contributed by atoms with Crippen molar-refractivity contribution in [1.29, 1.82) is 0 Å². The van der Waals surface area contributed by atoms with Crippen LogP contribution in [0.2, 0.25) is 5.02 Å². The summed E-state index contributed by atoms with van der Waals surface area (Å²) in [6.07, 6.45) is 3.63. The van der Waals surface area contributed by atoms with Crippen LogP contribution in [-0.2, 0) is 6.54 Å². The van der Waals surface area contributed by atoms with Gasteiger partial charge in [-0.3, -0.25) is 4.90 Å². The second kappa shape index (κ2) is 5.70. The highest BCUT2D eigenvalue weighted by atomic mass is 35.5. The van der Waals surface area contributed by atoms with Gasteiger partial charge in [0.15, 0.2) is 0 Å². The van der Waals surface area contributed by atoms with Crippen LogP contribution in [0.1, 0.15) is 31.7 Å². The van der Waals surface area contributed by atoms with Gasteiger partial charge >= 0.3 is 5.63 Å². The van der Waals surface area contributed by atoms with E-state index in [9.17, 15) is 9.90 Å². The zero-order valence-corrected chi connectivity index (χ0v) is 12.7. The van der Waals surface area contributed by atoms with E-state index in [-0.39, 0.29) is 10.8 Å². The summed E-state index contributed by atoms with van der Waals surface area (Å²) in [7, 11) is 0. The molecular formula is C16H18ClNO3. The zero-order chi connectivity index (χ0) is 15.0. The molecule has 21 heavy (non-hydrogen) atoms. The van der Waals surface area contributed by atoms with Gasteiger partial charge in [0.2, 0.25) is 0 Å². The summed E-state index contributed by atoms with van der Waals surface area (Å²) >= 11 is 5.99. The van der Waals surface area contributed by atoms with Gasteiger partial charge in [0.25, 0.3) is 0 Å². The monoisotopic (exact) mass is 307 g/mol. The molecule has 0 radical (unpaired) electrons. The Morgan fingerprint density at radius 1 is 1.38 bits per heavy atom. The van der Waals surface area contributed by atoms with Crippen LogP contribution < -0.4 is 5.63 Å². The average molecular weight is 308 g/mol. The highest BCUT2D eigenvalue weighted by Gasteiger charge is 2.20. The number of fused-ring (bicyclic) bond motifs is 1. The number of piperidine rings is 1. The molecule has 0 bridgehead atoms. The lowest BCUT2D eigenvalue weighted by Crippen LogP contribution is -2.36. The van der Waals surface area contributed by atoms with Crippen molar-refractivity contribution >= 4 is 22.6 Å². The minimum Gasteiger partial charge on any atom is -0.506 e. The third-order valence-electron chi connectivity index (χ3n) is 4.21. The number of hydrogen-bond donors (Lipinski definition) is 1. The molecular weight excluding hydrogens is 290 g/mol. The lowest BCUT2D eigenvalue weighted by molar-refractivity contribution is 0.153. The first-order valence-electron chi connectivity index (χ1n) is 7.24. The molecule has 1 aliphatic heterocycles. The first kappa shape index (κ1) is 14.4. The number of hydrogen-bond acceptors (Lipinski definition) is 4. The van der Waals surface area contributed by atoms with Gasteiger partial charge in [0.05, 0.1) is 5.02 Å². The molecule has 4 nitrogen and oxygen atoms in total. The summed E-state index contributed by atoms with van der Waals surface area (Å²) in [4.78, 5) is 14.1. The van der Waals surface area contributed by atoms with Crippen molar-refractivity contribution in [3.05, 3.63) is 39.2 Å². The Morgan fingerprint density at radius 2 is 2.19 bits per heavy atom. The molecule has 2 aromatic rings. The predicted octanol–water partition coefficient (Wildman–Crippen LogP) is 3.53. The normalized spacial score (nSPS) is 20.0. The summed E-state index contributed by atoms with van der Waals surface area (Å²) in [5.74, 6) is -0.0733. The smallest absolute Gasteiger partial charge is 0.336 e. The number of halogens is 1. The van der Waals surface area contributed by atoms with Crippen LogP contribution in [0.4, 0.5) is 0 Å². The maximum Gasteiger partial charge on any atom is 0.336 e. The van der Waals surface area contributed by atoms with Gasteiger partial charge in [0, 0.05) is 30.1 Å². The summed E-state index contributed by atoms with van der Waals surface area (Å²) in [5, 5.41) is 10.7. The fourth-order valence-corrected chi connectivity index (χ4v) is 3.14. The molecule has 0 amide bonds. The van der Waals surface area contributed by atoms with Crippen molar-refractivity contribution < 1.29 is 9.52 Å². The van der Waals surface area contributed by atoms with Crippen LogP contribution >= 0.6 is 11.6 Å². The van der Waals surface area contributed by atoms with Crippen molar-refractivity contribution in [1.82, 2.24) is 4.90 Å². The summed E-state index contributed by atoms with van der Waals surface area (Å²) < 4.78 is 5.16. The van der Waals surface area contributed by atoms with E-state index in [4.69, 9.17) is 16.0 Å². The van der Waals surface area contributed by atoms with Crippen LogP contribution in [0.25, 0.3) is 11.0 Å². The summed E-state index contributed by atoms with van der Waals surface area (Å²) in [6, 6.07) is 5.10. The molecule has 2 heterocycles.